The van der Waals surface area contributed by atoms with Gasteiger partial charge in [-0.1, -0.05) is 33.1 Å². The molecule has 0 saturated carbocycles. The van der Waals surface area contributed by atoms with E-state index in [2.05, 4.69) is 44.9 Å². The van der Waals surface area contributed by atoms with Gasteiger partial charge in [0.2, 0.25) is 11.9 Å². The zero-order chi connectivity index (χ0) is 23.8. The first-order valence-corrected chi connectivity index (χ1v) is 14.0. The average molecular weight is 471 g/mol. The quantitative estimate of drug-likeness (QED) is 0.631. The Labute approximate surface area is 206 Å². The molecule has 1 aromatic heterocycles. The van der Waals surface area contributed by atoms with Crippen LogP contribution in [0.5, 0.6) is 0 Å². The molecule has 3 saturated heterocycles. The predicted octanol–water partition coefficient (Wildman–Crippen LogP) is 4.55. The molecule has 0 aromatic carbocycles. The lowest BCUT2D eigenvalue weighted by Gasteiger charge is -2.41. The van der Waals surface area contributed by atoms with E-state index in [0.717, 1.165) is 76.7 Å². The van der Waals surface area contributed by atoms with Gasteiger partial charge in [-0.2, -0.15) is 4.98 Å². The van der Waals surface area contributed by atoms with Crippen molar-refractivity contribution in [3.8, 4) is 0 Å². The molecule has 3 fully saturated rings. The third-order valence-electron chi connectivity index (χ3n) is 8.17. The lowest BCUT2D eigenvalue weighted by Crippen LogP contribution is -2.52. The summed E-state index contributed by atoms with van der Waals surface area (Å²) >= 11 is 0. The normalized spacial score (nSPS) is 25.1. The van der Waals surface area contributed by atoms with Gasteiger partial charge in [-0.3, -0.25) is 9.69 Å². The largest absolute Gasteiger partial charge is 0.356 e. The average Bonchev–Trinajstić information content (AvgIpc) is 3.29. The first kappa shape index (κ1) is 25.2. The van der Waals surface area contributed by atoms with Crippen LogP contribution in [0.4, 0.5) is 11.8 Å². The molecule has 0 bridgehead atoms. The highest BCUT2D eigenvalue weighted by Gasteiger charge is 2.32. The van der Waals surface area contributed by atoms with Crippen LogP contribution in [0.3, 0.4) is 0 Å². The highest BCUT2D eigenvalue weighted by atomic mass is 16.2. The van der Waals surface area contributed by atoms with Crippen molar-refractivity contribution in [2.45, 2.75) is 96.6 Å². The standard InChI is InChI=1S/C27H46N6O/c1-3-22(4-2)26(34)33-19-11-13-24(21-33)32-18-10-7-12-23(20-32)29-27-28-15-14-25(30-27)31-16-8-5-6-9-17-31/h14-15,22-24H,3-13,16-21H2,1-2H3,(H,28,29,30). The Hall–Kier alpha value is -1.89. The van der Waals surface area contributed by atoms with Gasteiger partial charge in [0.15, 0.2) is 0 Å². The van der Waals surface area contributed by atoms with E-state index in [1.165, 1.54) is 44.9 Å². The number of aromatic nitrogens is 2. The molecule has 0 spiro atoms. The Bertz CT molecular complexity index is 761. The summed E-state index contributed by atoms with van der Waals surface area (Å²) in [6, 6.07) is 2.88. The molecule has 7 heteroatoms. The predicted molar refractivity (Wildman–Crippen MR) is 139 cm³/mol. The number of carbonyl (C=O) groups is 1. The van der Waals surface area contributed by atoms with Crippen LogP contribution in [-0.2, 0) is 4.79 Å². The summed E-state index contributed by atoms with van der Waals surface area (Å²) in [7, 11) is 0. The summed E-state index contributed by atoms with van der Waals surface area (Å²) in [5, 5.41) is 3.68. The first-order chi connectivity index (χ1) is 16.7. The molecule has 1 aromatic rings. The summed E-state index contributed by atoms with van der Waals surface area (Å²) in [5.74, 6) is 2.39. The van der Waals surface area contributed by atoms with Crippen molar-refractivity contribution >= 4 is 17.7 Å². The van der Waals surface area contributed by atoms with Gasteiger partial charge in [0.05, 0.1) is 0 Å². The van der Waals surface area contributed by atoms with Crippen LogP contribution in [-0.4, -0.2) is 77.0 Å². The van der Waals surface area contributed by atoms with Crippen molar-refractivity contribution in [2.24, 2.45) is 5.92 Å². The molecule has 1 N–H and O–H groups in total. The smallest absolute Gasteiger partial charge is 0.225 e. The molecule has 190 valence electrons. The summed E-state index contributed by atoms with van der Waals surface area (Å²) < 4.78 is 0. The number of hydrogen-bond donors (Lipinski definition) is 1. The lowest BCUT2D eigenvalue weighted by atomic mass is 9.98. The van der Waals surface area contributed by atoms with Gasteiger partial charge in [-0.15, -0.1) is 0 Å². The monoisotopic (exact) mass is 470 g/mol. The van der Waals surface area contributed by atoms with Gasteiger partial charge >= 0.3 is 0 Å². The van der Waals surface area contributed by atoms with Crippen LogP contribution in [0.15, 0.2) is 12.3 Å². The van der Waals surface area contributed by atoms with Crippen molar-refractivity contribution in [2.75, 3.05) is 49.5 Å². The summed E-state index contributed by atoms with van der Waals surface area (Å²) in [6.45, 7) is 10.4. The van der Waals surface area contributed by atoms with Crippen molar-refractivity contribution in [1.29, 1.82) is 0 Å². The minimum atomic E-state index is 0.186. The van der Waals surface area contributed by atoms with E-state index >= 15 is 0 Å². The molecular weight excluding hydrogens is 424 g/mol. The minimum absolute atomic E-state index is 0.186. The number of nitrogens with one attached hydrogen (secondary N) is 1. The van der Waals surface area contributed by atoms with Crippen molar-refractivity contribution in [3.05, 3.63) is 12.3 Å². The zero-order valence-electron chi connectivity index (χ0n) is 21.6. The highest BCUT2D eigenvalue weighted by molar-refractivity contribution is 5.78. The number of piperidine rings is 1. The van der Waals surface area contributed by atoms with Crippen LogP contribution >= 0.6 is 0 Å². The van der Waals surface area contributed by atoms with Gasteiger partial charge < -0.3 is 15.1 Å². The molecule has 2 unspecified atom stereocenters. The molecule has 3 aliphatic heterocycles. The number of nitrogens with zero attached hydrogens (tertiary/aromatic N) is 5. The van der Waals surface area contributed by atoms with E-state index in [-0.39, 0.29) is 5.92 Å². The highest BCUT2D eigenvalue weighted by Crippen LogP contribution is 2.24. The van der Waals surface area contributed by atoms with Gasteiger partial charge in [0.1, 0.15) is 5.82 Å². The van der Waals surface area contributed by atoms with E-state index in [1.54, 1.807) is 0 Å². The minimum Gasteiger partial charge on any atom is -0.356 e. The molecule has 0 aliphatic carbocycles. The van der Waals surface area contributed by atoms with Gasteiger partial charge in [-0.05, 0) is 64.0 Å². The Morgan fingerprint density at radius 1 is 0.971 bits per heavy atom. The van der Waals surface area contributed by atoms with Gasteiger partial charge in [0.25, 0.3) is 0 Å². The Morgan fingerprint density at radius 3 is 2.50 bits per heavy atom. The topological polar surface area (TPSA) is 64.6 Å². The van der Waals surface area contributed by atoms with Crippen LogP contribution in [0.2, 0.25) is 0 Å². The fourth-order valence-corrected chi connectivity index (χ4v) is 6.05. The first-order valence-electron chi connectivity index (χ1n) is 14.0. The van der Waals surface area contributed by atoms with Crippen molar-refractivity contribution < 1.29 is 4.79 Å². The maximum atomic E-state index is 13.0. The fraction of sp³-hybridized carbons (Fsp3) is 0.815. The third-order valence-corrected chi connectivity index (χ3v) is 8.17. The van der Waals surface area contributed by atoms with Crippen LogP contribution < -0.4 is 10.2 Å². The molecule has 1 amide bonds. The van der Waals surface area contributed by atoms with E-state index in [9.17, 15) is 4.79 Å². The lowest BCUT2D eigenvalue weighted by molar-refractivity contribution is -0.138. The fourth-order valence-electron chi connectivity index (χ4n) is 6.05. The number of hydrogen-bond acceptors (Lipinski definition) is 6. The van der Waals surface area contributed by atoms with E-state index in [0.29, 0.717) is 18.0 Å². The molecule has 4 heterocycles. The van der Waals surface area contributed by atoms with Gasteiger partial charge in [0, 0.05) is 56.9 Å². The molecule has 2 atom stereocenters. The van der Waals surface area contributed by atoms with Crippen molar-refractivity contribution in [1.82, 2.24) is 19.8 Å². The van der Waals surface area contributed by atoms with E-state index < -0.39 is 0 Å². The van der Waals surface area contributed by atoms with Crippen LogP contribution in [0.25, 0.3) is 0 Å². The summed E-state index contributed by atoms with van der Waals surface area (Å²) in [5.41, 5.74) is 0. The third kappa shape index (κ3) is 6.61. The molecular formula is C27H46N6O. The number of carbonyl (C=O) groups excluding carboxylic acids is 1. The van der Waals surface area contributed by atoms with E-state index in [4.69, 9.17) is 4.98 Å². The maximum absolute atomic E-state index is 13.0. The summed E-state index contributed by atoms with van der Waals surface area (Å²) in [6.07, 6.45) is 14.9. The SMILES string of the molecule is CCC(CC)C(=O)N1CCCC(N2CCCCC(Nc3nccc(N4CCCCCC4)n3)C2)C1. The molecule has 34 heavy (non-hydrogen) atoms. The molecule has 4 rings (SSSR count). The molecule has 3 aliphatic rings. The Kier molecular flexibility index (Phi) is 9.42. The second kappa shape index (κ2) is 12.7. The Morgan fingerprint density at radius 2 is 1.74 bits per heavy atom. The zero-order valence-corrected chi connectivity index (χ0v) is 21.6. The van der Waals surface area contributed by atoms with E-state index in [1.807, 2.05) is 6.20 Å². The molecule has 0 radical (unpaired) electrons. The number of likely N-dealkylation sites (tertiary alicyclic amines) is 2. The van der Waals surface area contributed by atoms with Crippen LogP contribution in [0, 0.1) is 5.92 Å². The maximum Gasteiger partial charge on any atom is 0.225 e. The number of anilines is 2. The van der Waals surface area contributed by atoms with Crippen LogP contribution in [0.1, 0.15) is 84.5 Å². The molecule has 7 nitrogen and oxygen atoms in total. The second-order valence-corrected chi connectivity index (χ2v) is 10.6. The number of amides is 1. The second-order valence-electron chi connectivity index (χ2n) is 10.6. The number of rotatable bonds is 7. The Balaban J connectivity index is 1.37. The van der Waals surface area contributed by atoms with Crippen molar-refractivity contribution in [3.63, 3.8) is 0 Å². The van der Waals surface area contributed by atoms with Gasteiger partial charge in [-0.25, -0.2) is 4.98 Å². The summed E-state index contributed by atoms with van der Waals surface area (Å²) in [4.78, 5) is 29.7.